The molecule has 5 nitrogen and oxygen atoms in total. The van der Waals surface area contributed by atoms with Gasteiger partial charge in [-0.05, 0) is 43.0 Å². The van der Waals surface area contributed by atoms with Crippen LogP contribution >= 0.6 is 0 Å². The quantitative estimate of drug-likeness (QED) is 0.761. The van der Waals surface area contributed by atoms with E-state index >= 15 is 0 Å². The van der Waals surface area contributed by atoms with E-state index in [0.717, 1.165) is 16.5 Å². The first kappa shape index (κ1) is 17.3. The van der Waals surface area contributed by atoms with Gasteiger partial charge in [-0.2, -0.15) is 0 Å². The highest BCUT2D eigenvalue weighted by Crippen LogP contribution is 2.43. The van der Waals surface area contributed by atoms with Crippen LogP contribution in [0.25, 0.3) is 11.0 Å². The monoisotopic (exact) mass is 363 g/mol. The Morgan fingerprint density at radius 2 is 1.67 bits per heavy atom. The third-order valence-corrected chi connectivity index (χ3v) is 5.50. The second kappa shape index (κ2) is 6.27. The number of aliphatic carboxylic acids is 1. The maximum atomic E-state index is 13.6. The van der Waals surface area contributed by atoms with Crippen LogP contribution in [-0.2, 0) is 22.4 Å². The SMILES string of the molecule is Cc1oc2ccccc2c1N(C)C(=O)C1(CC(=O)O)Cc2ccccc2C1. The largest absolute Gasteiger partial charge is 0.481 e. The molecule has 0 radical (unpaired) electrons. The molecule has 0 fully saturated rings. The van der Waals surface area contributed by atoms with Crippen LogP contribution in [0, 0.1) is 12.3 Å². The average Bonchev–Trinajstić information content (AvgIpc) is 3.16. The van der Waals surface area contributed by atoms with E-state index in [2.05, 4.69) is 0 Å². The molecule has 27 heavy (non-hydrogen) atoms. The number of carbonyl (C=O) groups is 2. The standard InChI is InChI=1S/C22H21NO4/c1-14-20(17-9-5-6-10-18(17)27-14)23(2)21(26)22(13-19(24)25)11-15-7-3-4-8-16(15)12-22/h3-10H,11-13H2,1-2H3,(H,24,25). The predicted molar refractivity (Wildman–Crippen MR) is 103 cm³/mol. The van der Waals surface area contributed by atoms with Crippen molar-refractivity contribution in [2.45, 2.75) is 26.2 Å². The van der Waals surface area contributed by atoms with E-state index in [1.54, 1.807) is 11.9 Å². The lowest BCUT2D eigenvalue weighted by atomic mass is 9.79. The second-order valence-corrected chi connectivity index (χ2v) is 7.34. The molecule has 1 aromatic heterocycles. The fourth-order valence-corrected chi connectivity index (χ4v) is 4.36. The smallest absolute Gasteiger partial charge is 0.304 e. The lowest BCUT2D eigenvalue weighted by molar-refractivity contribution is -0.144. The molecule has 0 saturated carbocycles. The zero-order valence-electron chi connectivity index (χ0n) is 15.4. The molecule has 1 aliphatic carbocycles. The van der Waals surface area contributed by atoms with Crippen molar-refractivity contribution in [3.05, 3.63) is 65.4 Å². The van der Waals surface area contributed by atoms with Gasteiger partial charge in [-0.25, -0.2) is 0 Å². The number of para-hydroxylation sites is 1. The van der Waals surface area contributed by atoms with E-state index in [1.807, 2.05) is 55.5 Å². The minimum atomic E-state index is -0.977. The van der Waals surface area contributed by atoms with E-state index in [4.69, 9.17) is 4.42 Å². The molecule has 1 amide bonds. The number of hydrogen-bond donors (Lipinski definition) is 1. The zero-order valence-corrected chi connectivity index (χ0v) is 15.4. The molecule has 0 saturated heterocycles. The maximum absolute atomic E-state index is 13.6. The van der Waals surface area contributed by atoms with Crippen molar-refractivity contribution in [3.63, 3.8) is 0 Å². The number of anilines is 1. The molecule has 0 unspecified atom stereocenters. The summed E-state index contributed by atoms with van der Waals surface area (Å²) < 4.78 is 5.80. The second-order valence-electron chi connectivity index (χ2n) is 7.34. The van der Waals surface area contributed by atoms with Gasteiger partial charge in [-0.3, -0.25) is 9.59 Å². The van der Waals surface area contributed by atoms with Gasteiger partial charge in [0.15, 0.2) is 0 Å². The number of carboxylic acids is 1. The Labute approximate surface area is 157 Å². The van der Waals surface area contributed by atoms with Crippen molar-refractivity contribution in [2.75, 3.05) is 11.9 Å². The molecule has 2 aromatic carbocycles. The van der Waals surface area contributed by atoms with Gasteiger partial charge in [0, 0.05) is 12.4 Å². The number of carbonyl (C=O) groups excluding carboxylic acids is 1. The van der Waals surface area contributed by atoms with Crippen molar-refractivity contribution >= 4 is 28.5 Å². The minimum absolute atomic E-state index is 0.184. The first-order chi connectivity index (χ1) is 12.9. The fraction of sp³-hybridized carbons (Fsp3) is 0.273. The Morgan fingerprint density at radius 1 is 1.07 bits per heavy atom. The molecule has 0 spiro atoms. The summed E-state index contributed by atoms with van der Waals surface area (Å²) in [5, 5.41) is 10.4. The summed E-state index contributed by atoms with van der Waals surface area (Å²) in [5.74, 6) is -0.498. The van der Waals surface area contributed by atoms with E-state index < -0.39 is 11.4 Å². The zero-order chi connectivity index (χ0) is 19.2. The minimum Gasteiger partial charge on any atom is -0.481 e. The van der Waals surface area contributed by atoms with Gasteiger partial charge in [0.2, 0.25) is 5.91 Å². The van der Waals surface area contributed by atoms with Crippen LogP contribution in [0.15, 0.2) is 52.9 Å². The molecular weight excluding hydrogens is 342 g/mol. The van der Waals surface area contributed by atoms with Crippen LogP contribution in [-0.4, -0.2) is 24.0 Å². The van der Waals surface area contributed by atoms with Gasteiger partial charge < -0.3 is 14.4 Å². The lowest BCUT2D eigenvalue weighted by Gasteiger charge is -2.31. The molecular formula is C22H21NO4. The molecule has 1 aliphatic rings. The Balaban J connectivity index is 1.76. The van der Waals surface area contributed by atoms with Crippen molar-refractivity contribution in [2.24, 2.45) is 5.41 Å². The number of furan rings is 1. The molecule has 4 rings (SSSR count). The summed E-state index contributed by atoms with van der Waals surface area (Å²) in [5.41, 5.74) is 2.54. The van der Waals surface area contributed by atoms with Crippen molar-refractivity contribution in [1.29, 1.82) is 0 Å². The normalized spacial score (nSPS) is 14.9. The topological polar surface area (TPSA) is 70.8 Å². The first-order valence-corrected chi connectivity index (χ1v) is 8.96. The number of fused-ring (bicyclic) bond motifs is 2. The lowest BCUT2D eigenvalue weighted by Crippen LogP contribution is -2.44. The van der Waals surface area contributed by atoms with Gasteiger partial charge in [-0.1, -0.05) is 36.4 Å². The van der Waals surface area contributed by atoms with Gasteiger partial charge in [0.05, 0.1) is 17.5 Å². The van der Waals surface area contributed by atoms with Crippen molar-refractivity contribution < 1.29 is 19.1 Å². The van der Waals surface area contributed by atoms with Gasteiger partial charge in [-0.15, -0.1) is 0 Å². The number of benzene rings is 2. The summed E-state index contributed by atoms with van der Waals surface area (Å²) in [6.07, 6.45) is 0.681. The Kier molecular flexibility index (Phi) is 4.02. The number of amides is 1. The summed E-state index contributed by atoms with van der Waals surface area (Å²) in [7, 11) is 1.71. The summed E-state index contributed by atoms with van der Waals surface area (Å²) >= 11 is 0. The molecule has 0 bridgehead atoms. The third kappa shape index (κ3) is 2.79. The molecule has 1 N–H and O–H groups in total. The van der Waals surface area contributed by atoms with E-state index in [-0.39, 0.29) is 12.3 Å². The van der Waals surface area contributed by atoms with E-state index in [9.17, 15) is 14.7 Å². The predicted octanol–water partition coefficient (Wildman–Crippen LogP) is 3.96. The van der Waals surface area contributed by atoms with Gasteiger partial charge in [0.1, 0.15) is 11.3 Å². The summed E-state index contributed by atoms with van der Waals surface area (Å²) in [4.78, 5) is 26.8. The van der Waals surface area contributed by atoms with Crippen LogP contribution in [0.5, 0.6) is 0 Å². The van der Waals surface area contributed by atoms with Crippen LogP contribution in [0.3, 0.4) is 0 Å². The number of hydrogen-bond acceptors (Lipinski definition) is 3. The van der Waals surface area contributed by atoms with Crippen LogP contribution in [0.4, 0.5) is 5.69 Å². The number of rotatable bonds is 4. The molecule has 5 heteroatoms. The van der Waals surface area contributed by atoms with Crippen molar-refractivity contribution in [1.82, 2.24) is 0 Å². The average molecular weight is 363 g/mol. The fourth-order valence-electron chi connectivity index (χ4n) is 4.36. The molecule has 138 valence electrons. The Hall–Kier alpha value is -3.08. The summed E-state index contributed by atoms with van der Waals surface area (Å²) in [6.45, 7) is 1.83. The van der Waals surface area contributed by atoms with Crippen LogP contribution in [0.1, 0.15) is 23.3 Å². The van der Waals surface area contributed by atoms with Gasteiger partial charge in [0.25, 0.3) is 0 Å². The van der Waals surface area contributed by atoms with E-state index in [1.165, 1.54) is 0 Å². The van der Waals surface area contributed by atoms with Crippen molar-refractivity contribution in [3.8, 4) is 0 Å². The highest BCUT2D eigenvalue weighted by molar-refractivity contribution is 6.06. The highest BCUT2D eigenvalue weighted by atomic mass is 16.4. The summed E-state index contributed by atoms with van der Waals surface area (Å²) in [6, 6.07) is 15.4. The number of carboxylic acid groups (broad SMARTS) is 1. The Morgan fingerprint density at radius 3 is 2.30 bits per heavy atom. The van der Waals surface area contributed by atoms with E-state index in [0.29, 0.717) is 29.9 Å². The van der Waals surface area contributed by atoms with Crippen LogP contribution in [0.2, 0.25) is 0 Å². The first-order valence-electron chi connectivity index (χ1n) is 8.96. The molecule has 0 atom stereocenters. The number of aryl methyl sites for hydroxylation is 1. The maximum Gasteiger partial charge on any atom is 0.304 e. The Bertz CT molecular complexity index is 1020. The third-order valence-electron chi connectivity index (χ3n) is 5.50. The molecule has 0 aliphatic heterocycles. The highest BCUT2D eigenvalue weighted by Gasteiger charge is 2.47. The molecule has 1 heterocycles. The number of nitrogens with zero attached hydrogens (tertiary/aromatic N) is 1. The van der Waals surface area contributed by atoms with Crippen LogP contribution < -0.4 is 4.90 Å². The molecule has 3 aromatic rings. The van der Waals surface area contributed by atoms with Gasteiger partial charge >= 0.3 is 5.97 Å².